The number of hydrogen-bond acceptors (Lipinski definition) is 4. The Bertz CT molecular complexity index is 724. The van der Waals surface area contributed by atoms with Gasteiger partial charge in [0.1, 0.15) is 17.3 Å². The molecule has 100 valence electrons. The summed E-state index contributed by atoms with van der Waals surface area (Å²) in [6.07, 6.45) is 5.25. The maximum atomic E-state index is 11.5. The van der Waals surface area contributed by atoms with Crippen molar-refractivity contribution in [2.75, 3.05) is 6.61 Å². The molecule has 5 nitrogen and oxygen atoms in total. The van der Waals surface area contributed by atoms with Crippen molar-refractivity contribution in [1.82, 2.24) is 4.98 Å². The Kier molecular flexibility index (Phi) is 3.82. The fourth-order valence-corrected chi connectivity index (χ4v) is 2.40. The van der Waals surface area contributed by atoms with Crippen LogP contribution in [0.3, 0.4) is 0 Å². The molecule has 0 aliphatic carbocycles. The summed E-state index contributed by atoms with van der Waals surface area (Å²) in [6.45, 7) is 2.31. The number of rotatable bonds is 4. The van der Waals surface area contributed by atoms with Crippen LogP contribution in [0.1, 0.15) is 6.92 Å². The van der Waals surface area contributed by atoms with Crippen molar-refractivity contribution in [3.05, 3.63) is 42.6 Å². The number of aromatic nitrogens is 1. The van der Waals surface area contributed by atoms with Gasteiger partial charge in [0, 0.05) is 11.6 Å². The van der Waals surface area contributed by atoms with Crippen LogP contribution in [0.25, 0.3) is 10.9 Å². The number of ether oxygens (including phenoxy) is 1. The predicted octanol–water partition coefficient (Wildman–Crippen LogP) is 1.84. The number of sulfonamides is 1. The molecule has 0 atom stereocenters. The van der Waals surface area contributed by atoms with Gasteiger partial charge in [-0.25, -0.2) is 13.6 Å². The van der Waals surface area contributed by atoms with Crippen LogP contribution in [-0.2, 0) is 10.0 Å². The third-order valence-electron chi connectivity index (χ3n) is 2.57. The molecule has 0 amide bonds. The SMILES string of the molecule is C/C=C/COc1ccc(S(N)(=O)=O)c2ncccc12. The maximum absolute atomic E-state index is 11.5. The van der Waals surface area contributed by atoms with Crippen LogP contribution in [0.5, 0.6) is 5.75 Å². The van der Waals surface area contributed by atoms with E-state index in [2.05, 4.69) is 4.98 Å². The molecule has 0 radical (unpaired) electrons. The average molecular weight is 278 g/mol. The maximum Gasteiger partial charge on any atom is 0.240 e. The van der Waals surface area contributed by atoms with Crippen LogP contribution in [0.15, 0.2) is 47.5 Å². The Morgan fingerprint density at radius 2 is 2.16 bits per heavy atom. The average Bonchev–Trinajstić information content (AvgIpc) is 2.37. The van der Waals surface area contributed by atoms with Crippen molar-refractivity contribution < 1.29 is 13.2 Å². The zero-order valence-corrected chi connectivity index (χ0v) is 11.2. The van der Waals surface area contributed by atoms with E-state index < -0.39 is 10.0 Å². The molecule has 0 saturated carbocycles. The van der Waals surface area contributed by atoms with Gasteiger partial charge in [-0.2, -0.15) is 0 Å². The lowest BCUT2D eigenvalue weighted by molar-refractivity contribution is 0.367. The Morgan fingerprint density at radius 3 is 2.84 bits per heavy atom. The molecule has 0 aliphatic rings. The second-order valence-electron chi connectivity index (χ2n) is 3.89. The van der Waals surface area contributed by atoms with E-state index in [1.54, 1.807) is 18.2 Å². The second kappa shape index (κ2) is 5.38. The van der Waals surface area contributed by atoms with Crippen LogP contribution in [0.2, 0.25) is 0 Å². The zero-order valence-electron chi connectivity index (χ0n) is 10.4. The largest absolute Gasteiger partial charge is 0.489 e. The third-order valence-corrected chi connectivity index (χ3v) is 3.51. The first-order valence-corrected chi connectivity index (χ1v) is 7.23. The first-order valence-electron chi connectivity index (χ1n) is 5.68. The van der Waals surface area contributed by atoms with Gasteiger partial charge in [-0.15, -0.1) is 0 Å². The number of pyridine rings is 1. The standard InChI is InChI=1S/C13H14N2O3S/c1-2-3-9-18-11-6-7-12(19(14,16)17)13-10(11)5-4-8-15-13/h2-8H,9H2,1H3,(H2,14,16,17)/b3-2+. The van der Waals surface area contributed by atoms with E-state index in [9.17, 15) is 8.42 Å². The van der Waals surface area contributed by atoms with Gasteiger partial charge >= 0.3 is 0 Å². The fourth-order valence-electron chi connectivity index (χ4n) is 1.71. The van der Waals surface area contributed by atoms with Crippen molar-refractivity contribution in [2.45, 2.75) is 11.8 Å². The molecule has 2 N–H and O–H groups in total. The normalized spacial score (nSPS) is 12.1. The van der Waals surface area contributed by atoms with Gasteiger partial charge < -0.3 is 4.74 Å². The second-order valence-corrected chi connectivity index (χ2v) is 5.42. The summed E-state index contributed by atoms with van der Waals surface area (Å²) in [6, 6.07) is 6.47. The molecule has 6 heteroatoms. The highest BCUT2D eigenvalue weighted by Gasteiger charge is 2.15. The molecule has 0 aliphatic heterocycles. The lowest BCUT2D eigenvalue weighted by Gasteiger charge is -2.09. The van der Waals surface area contributed by atoms with Crippen LogP contribution < -0.4 is 9.88 Å². The van der Waals surface area contributed by atoms with Crippen molar-refractivity contribution in [3.63, 3.8) is 0 Å². The van der Waals surface area contributed by atoms with Crippen LogP contribution in [0.4, 0.5) is 0 Å². The molecule has 19 heavy (non-hydrogen) atoms. The molecular weight excluding hydrogens is 264 g/mol. The van der Waals surface area contributed by atoms with E-state index in [4.69, 9.17) is 9.88 Å². The van der Waals surface area contributed by atoms with Crippen molar-refractivity contribution in [2.24, 2.45) is 5.14 Å². The number of fused-ring (bicyclic) bond motifs is 1. The minimum Gasteiger partial charge on any atom is -0.489 e. The number of nitrogens with two attached hydrogens (primary N) is 1. The van der Waals surface area contributed by atoms with Gasteiger partial charge in [0.05, 0.1) is 5.52 Å². The van der Waals surface area contributed by atoms with E-state index in [0.29, 0.717) is 23.3 Å². The zero-order chi connectivity index (χ0) is 13.9. The number of benzene rings is 1. The molecule has 0 bridgehead atoms. The molecule has 2 aromatic rings. The number of nitrogens with zero attached hydrogens (tertiary/aromatic N) is 1. The minimum atomic E-state index is -3.80. The van der Waals surface area contributed by atoms with Gasteiger partial charge in [-0.3, -0.25) is 4.98 Å². The Hall–Kier alpha value is -1.92. The van der Waals surface area contributed by atoms with E-state index in [1.165, 1.54) is 12.3 Å². The molecular formula is C13H14N2O3S. The summed E-state index contributed by atoms with van der Waals surface area (Å²) in [5.41, 5.74) is 0.322. The van der Waals surface area contributed by atoms with E-state index in [-0.39, 0.29) is 4.90 Å². The molecule has 1 aromatic carbocycles. The molecule has 0 spiro atoms. The summed E-state index contributed by atoms with van der Waals surface area (Å²) in [7, 11) is -3.80. The lowest BCUT2D eigenvalue weighted by atomic mass is 10.2. The van der Waals surface area contributed by atoms with Gasteiger partial charge in [-0.05, 0) is 31.2 Å². The molecule has 1 aromatic heterocycles. The summed E-state index contributed by atoms with van der Waals surface area (Å²) in [4.78, 5) is 4.08. The smallest absolute Gasteiger partial charge is 0.240 e. The topological polar surface area (TPSA) is 82.3 Å². The number of primary sulfonamides is 1. The quantitative estimate of drug-likeness (QED) is 0.865. The van der Waals surface area contributed by atoms with Gasteiger partial charge in [0.25, 0.3) is 0 Å². The molecule has 1 heterocycles. The van der Waals surface area contributed by atoms with Gasteiger partial charge in [0.15, 0.2) is 0 Å². The summed E-state index contributed by atoms with van der Waals surface area (Å²) < 4.78 is 28.6. The van der Waals surface area contributed by atoms with E-state index in [0.717, 1.165) is 0 Å². The van der Waals surface area contributed by atoms with Crippen molar-refractivity contribution >= 4 is 20.9 Å². The molecule has 0 saturated heterocycles. The first kappa shape index (κ1) is 13.5. The van der Waals surface area contributed by atoms with Crippen molar-refractivity contribution in [1.29, 1.82) is 0 Å². The lowest BCUT2D eigenvalue weighted by Crippen LogP contribution is -2.13. The van der Waals surface area contributed by atoms with E-state index in [1.807, 2.05) is 19.1 Å². The Labute approximate surface area is 111 Å². The number of hydrogen-bond donors (Lipinski definition) is 1. The highest BCUT2D eigenvalue weighted by Crippen LogP contribution is 2.28. The summed E-state index contributed by atoms with van der Waals surface area (Å²) in [5.74, 6) is 0.577. The Morgan fingerprint density at radius 1 is 1.37 bits per heavy atom. The van der Waals surface area contributed by atoms with E-state index >= 15 is 0 Å². The summed E-state index contributed by atoms with van der Waals surface area (Å²) >= 11 is 0. The van der Waals surface area contributed by atoms with Crippen molar-refractivity contribution in [3.8, 4) is 5.75 Å². The predicted molar refractivity (Wildman–Crippen MR) is 73.4 cm³/mol. The highest BCUT2D eigenvalue weighted by molar-refractivity contribution is 7.89. The van der Waals surface area contributed by atoms with Crippen LogP contribution in [0, 0.1) is 0 Å². The molecule has 2 rings (SSSR count). The number of allylic oxidation sites excluding steroid dienone is 1. The first-order chi connectivity index (χ1) is 9.04. The Balaban J connectivity index is 2.58. The summed E-state index contributed by atoms with van der Waals surface area (Å²) in [5, 5.41) is 5.80. The molecule has 0 unspecified atom stereocenters. The minimum absolute atomic E-state index is 0.00137. The van der Waals surface area contributed by atoms with Crippen LogP contribution >= 0.6 is 0 Å². The van der Waals surface area contributed by atoms with Gasteiger partial charge in [0.2, 0.25) is 10.0 Å². The highest BCUT2D eigenvalue weighted by atomic mass is 32.2. The molecule has 0 fully saturated rings. The fraction of sp³-hybridized carbons (Fsp3) is 0.154. The third kappa shape index (κ3) is 2.91. The van der Waals surface area contributed by atoms with Crippen LogP contribution in [-0.4, -0.2) is 20.0 Å². The monoisotopic (exact) mass is 278 g/mol. The van der Waals surface area contributed by atoms with Gasteiger partial charge in [-0.1, -0.05) is 12.2 Å².